The van der Waals surface area contributed by atoms with E-state index in [1.165, 1.54) is 0 Å². The molecule has 0 unspecified atom stereocenters. The highest BCUT2D eigenvalue weighted by Crippen LogP contribution is 2.33. The lowest BCUT2D eigenvalue weighted by Crippen LogP contribution is -2.44. The summed E-state index contributed by atoms with van der Waals surface area (Å²) in [5.41, 5.74) is 5.96. The predicted octanol–water partition coefficient (Wildman–Crippen LogP) is 0.108. The maximum atomic E-state index is 11.1. The molecule has 1 fully saturated rings. The zero-order chi connectivity index (χ0) is 13.3. The van der Waals surface area contributed by atoms with Gasteiger partial charge in [0.1, 0.15) is 5.57 Å². The van der Waals surface area contributed by atoms with Crippen LogP contribution in [0.15, 0.2) is 16.6 Å². The fourth-order valence-corrected chi connectivity index (χ4v) is 2.24. The van der Waals surface area contributed by atoms with Crippen molar-refractivity contribution >= 4 is 17.7 Å². The van der Waals surface area contributed by atoms with Crippen molar-refractivity contribution in [1.29, 1.82) is 0 Å². The van der Waals surface area contributed by atoms with Gasteiger partial charge in [-0.05, 0) is 19.3 Å². The van der Waals surface area contributed by atoms with Crippen molar-refractivity contribution in [3.8, 4) is 0 Å². The van der Waals surface area contributed by atoms with Crippen molar-refractivity contribution in [2.45, 2.75) is 37.6 Å². The number of aliphatic carboxylic acids is 2. The molecule has 98 valence electrons. The van der Waals surface area contributed by atoms with Gasteiger partial charge < -0.3 is 14.9 Å². The molecule has 0 bridgehead atoms. The fraction of sp³-hybridized carbons (Fsp3) is 0.545. The quantitative estimate of drug-likeness (QED) is 0.614. The zero-order valence-electron chi connectivity index (χ0n) is 9.63. The molecule has 0 aromatic heterocycles. The lowest BCUT2D eigenvalue weighted by atomic mass is 9.96. The van der Waals surface area contributed by atoms with Crippen LogP contribution in [0.25, 0.3) is 0 Å². The standard InChI is InChI=1S/C11H14N2O5/c12-11(6(10(16)17)5-9(14)15)13-7-3-1-2-4-8(7)18-11/h5,8H,1-4,12H2,(H,14,15)(H,16,17)/b6-5+/t8-,11+/m1/s1. The van der Waals surface area contributed by atoms with E-state index in [0.717, 1.165) is 25.0 Å². The predicted molar refractivity (Wildman–Crippen MR) is 61.0 cm³/mol. The highest BCUT2D eigenvalue weighted by Gasteiger charge is 2.45. The molecule has 2 rings (SSSR count). The number of aliphatic imine (C=N–C) groups is 1. The molecule has 0 amide bonds. The molecule has 1 aliphatic carbocycles. The van der Waals surface area contributed by atoms with Crippen molar-refractivity contribution in [1.82, 2.24) is 0 Å². The van der Waals surface area contributed by atoms with Crippen LogP contribution in [0.4, 0.5) is 0 Å². The van der Waals surface area contributed by atoms with Crippen LogP contribution < -0.4 is 5.73 Å². The molecule has 2 aliphatic rings. The van der Waals surface area contributed by atoms with Gasteiger partial charge in [-0.2, -0.15) is 0 Å². The Kier molecular flexibility index (Phi) is 3.18. The lowest BCUT2D eigenvalue weighted by molar-refractivity contribution is -0.138. The molecule has 18 heavy (non-hydrogen) atoms. The fourth-order valence-electron chi connectivity index (χ4n) is 2.24. The Hall–Kier alpha value is -1.73. The molecule has 1 heterocycles. The summed E-state index contributed by atoms with van der Waals surface area (Å²) in [6.45, 7) is 0. The maximum Gasteiger partial charge on any atom is 0.338 e. The second-order valence-corrected chi connectivity index (χ2v) is 4.35. The largest absolute Gasteiger partial charge is 0.478 e. The molecule has 2 atom stereocenters. The third-order valence-electron chi connectivity index (χ3n) is 3.04. The Balaban J connectivity index is 2.34. The number of carboxylic acids is 2. The maximum absolute atomic E-state index is 11.1. The average molecular weight is 254 g/mol. The summed E-state index contributed by atoms with van der Waals surface area (Å²) in [5.74, 6) is -4.71. The summed E-state index contributed by atoms with van der Waals surface area (Å²) in [7, 11) is 0. The van der Waals surface area contributed by atoms with Crippen molar-refractivity contribution in [2.24, 2.45) is 10.7 Å². The van der Waals surface area contributed by atoms with Gasteiger partial charge in [0.2, 0.25) is 5.85 Å². The molecule has 7 heteroatoms. The molecule has 0 spiro atoms. The topological polar surface area (TPSA) is 122 Å². The van der Waals surface area contributed by atoms with Gasteiger partial charge in [-0.25, -0.2) is 14.6 Å². The first-order chi connectivity index (χ1) is 8.42. The number of ether oxygens (including phenoxy) is 1. The molecule has 0 aromatic rings. The van der Waals surface area contributed by atoms with Crippen LogP contribution in [0, 0.1) is 0 Å². The van der Waals surface area contributed by atoms with E-state index in [-0.39, 0.29) is 6.10 Å². The first kappa shape index (κ1) is 12.7. The van der Waals surface area contributed by atoms with Gasteiger partial charge in [0.15, 0.2) is 0 Å². The normalized spacial score (nSPS) is 31.7. The van der Waals surface area contributed by atoms with E-state index in [9.17, 15) is 9.59 Å². The van der Waals surface area contributed by atoms with Gasteiger partial charge in [-0.15, -0.1) is 0 Å². The van der Waals surface area contributed by atoms with Crippen molar-refractivity contribution in [3.63, 3.8) is 0 Å². The van der Waals surface area contributed by atoms with Gasteiger partial charge in [-0.3, -0.25) is 5.73 Å². The minimum atomic E-state index is -1.88. The van der Waals surface area contributed by atoms with Gasteiger partial charge >= 0.3 is 11.9 Å². The highest BCUT2D eigenvalue weighted by molar-refractivity contribution is 5.98. The molecular formula is C11H14N2O5. The molecule has 1 saturated carbocycles. The summed E-state index contributed by atoms with van der Waals surface area (Å²) in [6.07, 6.45) is 3.61. The van der Waals surface area contributed by atoms with Gasteiger partial charge in [0.05, 0.1) is 6.10 Å². The molecule has 4 N–H and O–H groups in total. The second kappa shape index (κ2) is 4.51. The third-order valence-corrected chi connectivity index (χ3v) is 3.04. The van der Waals surface area contributed by atoms with E-state index < -0.39 is 23.4 Å². The van der Waals surface area contributed by atoms with Crippen LogP contribution in [-0.2, 0) is 14.3 Å². The Morgan fingerprint density at radius 3 is 2.72 bits per heavy atom. The van der Waals surface area contributed by atoms with Gasteiger partial charge in [0, 0.05) is 11.8 Å². The number of nitrogens with zero attached hydrogens (tertiary/aromatic N) is 1. The van der Waals surface area contributed by atoms with E-state index in [0.29, 0.717) is 12.5 Å². The van der Waals surface area contributed by atoms with E-state index >= 15 is 0 Å². The van der Waals surface area contributed by atoms with Crippen LogP contribution in [-0.4, -0.2) is 39.8 Å². The van der Waals surface area contributed by atoms with Crippen LogP contribution >= 0.6 is 0 Å². The number of carbonyl (C=O) groups is 2. The average Bonchev–Trinajstić information content (AvgIpc) is 2.62. The van der Waals surface area contributed by atoms with Crippen molar-refractivity contribution in [2.75, 3.05) is 0 Å². The van der Waals surface area contributed by atoms with E-state index in [4.69, 9.17) is 20.7 Å². The van der Waals surface area contributed by atoms with Crippen LogP contribution in [0.3, 0.4) is 0 Å². The summed E-state index contributed by atoms with van der Waals surface area (Å²) in [4.78, 5) is 25.8. The molecule has 0 aromatic carbocycles. The lowest BCUT2D eigenvalue weighted by Gasteiger charge is -2.24. The van der Waals surface area contributed by atoms with Crippen LogP contribution in [0.5, 0.6) is 0 Å². The van der Waals surface area contributed by atoms with E-state index in [1.807, 2.05) is 0 Å². The summed E-state index contributed by atoms with van der Waals surface area (Å²) in [5, 5.41) is 17.7. The zero-order valence-corrected chi connectivity index (χ0v) is 9.63. The molecule has 0 radical (unpaired) electrons. The molecule has 1 aliphatic heterocycles. The minimum Gasteiger partial charge on any atom is -0.478 e. The Bertz CT molecular complexity index is 456. The SMILES string of the molecule is N[C@@]1(/C(=C/C(=O)O)C(=O)O)N=C2CCCC[C@H]2O1. The Morgan fingerprint density at radius 2 is 2.17 bits per heavy atom. The van der Waals surface area contributed by atoms with Crippen molar-refractivity contribution in [3.05, 3.63) is 11.6 Å². The first-order valence-electron chi connectivity index (χ1n) is 5.66. The number of carboxylic acid groups (broad SMARTS) is 2. The molecule has 7 nitrogen and oxygen atoms in total. The van der Waals surface area contributed by atoms with E-state index in [2.05, 4.69) is 4.99 Å². The molecular weight excluding hydrogens is 240 g/mol. The highest BCUT2D eigenvalue weighted by atomic mass is 16.5. The third kappa shape index (κ3) is 2.27. The van der Waals surface area contributed by atoms with E-state index in [1.54, 1.807) is 0 Å². The summed E-state index contributed by atoms with van der Waals surface area (Å²) < 4.78 is 5.44. The second-order valence-electron chi connectivity index (χ2n) is 4.35. The Labute approximate surface area is 103 Å². The number of fused-ring (bicyclic) bond motifs is 1. The van der Waals surface area contributed by atoms with Gasteiger partial charge in [0.25, 0.3) is 0 Å². The number of rotatable bonds is 3. The number of hydrogen-bond acceptors (Lipinski definition) is 5. The minimum absolute atomic E-state index is 0.291. The van der Waals surface area contributed by atoms with Crippen LogP contribution in [0.2, 0.25) is 0 Å². The smallest absolute Gasteiger partial charge is 0.338 e. The van der Waals surface area contributed by atoms with Gasteiger partial charge in [-0.1, -0.05) is 6.42 Å². The number of hydrogen-bond donors (Lipinski definition) is 3. The first-order valence-corrected chi connectivity index (χ1v) is 5.66. The Morgan fingerprint density at radius 1 is 1.44 bits per heavy atom. The number of nitrogens with two attached hydrogens (primary N) is 1. The summed E-state index contributed by atoms with van der Waals surface area (Å²) in [6, 6.07) is 0. The monoisotopic (exact) mass is 254 g/mol. The van der Waals surface area contributed by atoms with Crippen molar-refractivity contribution < 1.29 is 24.5 Å². The summed E-state index contributed by atoms with van der Waals surface area (Å²) >= 11 is 0. The van der Waals surface area contributed by atoms with Crippen LogP contribution in [0.1, 0.15) is 25.7 Å². The molecule has 0 saturated heterocycles.